The molecule has 70 heavy (non-hydrogen) atoms. The molecule has 0 fully saturated rings. The molecule has 1 heterocycles. The van der Waals surface area contributed by atoms with Crippen LogP contribution in [0.15, 0.2) is 53.6 Å². The second kappa shape index (κ2) is 21.4. The quantitative estimate of drug-likeness (QED) is 0.0561. The fraction of sp³-hybridized carbons (Fsp3) is 0.518. The summed E-state index contributed by atoms with van der Waals surface area (Å²) in [6.45, 7) is 24.8. The van der Waals surface area contributed by atoms with Crippen molar-refractivity contribution in [2.24, 2.45) is 5.11 Å². The Bertz CT molecular complexity index is 2400. The van der Waals surface area contributed by atoms with Gasteiger partial charge in [0.1, 0.15) is 49.4 Å². The van der Waals surface area contributed by atoms with E-state index >= 15 is 0 Å². The number of esters is 3. The lowest BCUT2D eigenvalue weighted by Crippen LogP contribution is -2.36. The molecule has 2 N–H and O–H groups in total. The molecule has 4 aromatic rings. The van der Waals surface area contributed by atoms with Gasteiger partial charge in [0.05, 0.1) is 0 Å². The van der Waals surface area contributed by atoms with Crippen molar-refractivity contribution < 1.29 is 48.3 Å². The Hall–Kier alpha value is -6.24. The molecule has 1 aliphatic heterocycles. The van der Waals surface area contributed by atoms with Crippen LogP contribution in [0.5, 0.6) is 23.0 Å². The van der Waals surface area contributed by atoms with Crippen molar-refractivity contribution in [2.45, 2.75) is 130 Å². The number of fused-ring (bicyclic) bond motifs is 2. The van der Waals surface area contributed by atoms with Crippen LogP contribution >= 0.6 is 0 Å². The Morgan fingerprint density at radius 2 is 0.886 bits per heavy atom. The van der Waals surface area contributed by atoms with Gasteiger partial charge in [-0.1, -0.05) is 137 Å². The fourth-order valence-corrected chi connectivity index (χ4v) is 8.70. The number of phenols is 2. The van der Waals surface area contributed by atoms with Gasteiger partial charge in [-0.15, -0.1) is 0 Å². The van der Waals surface area contributed by atoms with Crippen LogP contribution < -0.4 is 9.47 Å². The first-order valence-electron chi connectivity index (χ1n) is 24.2. The van der Waals surface area contributed by atoms with Gasteiger partial charge in [-0.3, -0.25) is 9.69 Å². The molecule has 0 saturated carbocycles. The highest BCUT2D eigenvalue weighted by Crippen LogP contribution is 2.44. The van der Waals surface area contributed by atoms with Crippen molar-refractivity contribution in [3.63, 3.8) is 0 Å². The predicted octanol–water partition coefficient (Wildman–Crippen LogP) is 9.98. The van der Waals surface area contributed by atoms with Crippen LogP contribution in [0.1, 0.15) is 150 Å². The van der Waals surface area contributed by atoms with E-state index in [9.17, 15) is 24.6 Å². The minimum absolute atomic E-state index is 0.0517. The molecule has 0 radical (unpaired) electrons. The number of carbonyl (C=O) groups excluding carboxylic acids is 3. The first-order valence-corrected chi connectivity index (χ1v) is 24.2. The summed E-state index contributed by atoms with van der Waals surface area (Å²) in [5.41, 5.74) is 17.1. The Balaban J connectivity index is 1.62. The number of benzene rings is 4. The maximum absolute atomic E-state index is 13.7. The molecule has 4 aromatic carbocycles. The van der Waals surface area contributed by atoms with E-state index in [1.165, 1.54) is 0 Å². The second-order valence-corrected chi connectivity index (χ2v) is 22.7. The summed E-state index contributed by atoms with van der Waals surface area (Å²) in [5.74, 6) is -0.780. The summed E-state index contributed by atoms with van der Waals surface area (Å²) in [6, 6.07) is 16.5. The highest BCUT2D eigenvalue weighted by Gasteiger charge is 2.29. The molecular formula is C56H72N4O10. The topological polar surface area (TPSA) is 190 Å². The Morgan fingerprint density at radius 1 is 0.571 bits per heavy atom. The molecular weight excluding hydrogens is 889 g/mol. The highest BCUT2D eigenvalue weighted by molar-refractivity contribution is 5.72. The van der Waals surface area contributed by atoms with Crippen LogP contribution in [0.4, 0.5) is 0 Å². The van der Waals surface area contributed by atoms with Gasteiger partial charge < -0.3 is 33.9 Å². The summed E-state index contributed by atoms with van der Waals surface area (Å²) in [5, 5.41) is 28.3. The number of ether oxygens (including phenoxy) is 5. The van der Waals surface area contributed by atoms with Gasteiger partial charge in [0.2, 0.25) is 0 Å². The van der Waals surface area contributed by atoms with Crippen molar-refractivity contribution in [3.8, 4) is 23.0 Å². The molecule has 14 nitrogen and oxygen atoms in total. The number of carbonyl (C=O) groups is 3. The lowest BCUT2D eigenvalue weighted by molar-refractivity contribution is -0.147. The largest absolute Gasteiger partial charge is 0.507 e. The highest BCUT2D eigenvalue weighted by atomic mass is 16.6. The van der Waals surface area contributed by atoms with E-state index < -0.39 is 37.7 Å². The maximum atomic E-state index is 13.7. The Morgan fingerprint density at radius 3 is 1.19 bits per heavy atom. The van der Waals surface area contributed by atoms with E-state index in [4.69, 9.17) is 29.2 Å². The standard InChI is InChI=1S/C56H72N4O10/c1-53(2,3)42-23-34-19-38-27-44(55(7,8)9)29-40-21-36-25-43(54(4,5)6)26-37(50(36)65)22-41-30-45(56(10,11)12)28-39(20-35(24-42)49(34)64)52(41)70-33-48(63)68-18-15-60(13-16-66-46(61)31-58-59-57)14-17-67-47(62)32-69-51(38)40/h23-30,64-65H,13-22,31-33H2,1-12H3. The zero-order valence-electron chi connectivity index (χ0n) is 43.3. The number of azide groups is 1. The number of rotatable bonds is 5. The van der Waals surface area contributed by atoms with E-state index in [-0.39, 0.29) is 98.3 Å². The Labute approximate surface area is 413 Å². The number of aromatic hydroxyl groups is 2. The molecule has 0 amide bonds. The normalized spacial score (nSPS) is 15.7. The summed E-state index contributed by atoms with van der Waals surface area (Å²) < 4.78 is 29.9. The average molecular weight is 961 g/mol. The van der Waals surface area contributed by atoms with Crippen LogP contribution in [0.25, 0.3) is 10.4 Å². The van der Waals surface area contributed by atoms with Gasteiger partial charge in [0, 0.05) is 50.2 Å². The minimum Gasteiger partial charge on any atom is -0.507 e. The van der Waals surface area contributed by atoms with Crippen molar-refractivity contribution in [1.29, 1.82) is 0 Å². The molecule has 2 aliphatic rings. The maximum Gasteiger partial charge on any atom is 0.344 e. The summed E-state index contributed by atoms with van der Waals surface area (Å²) in [7, 11) is 0. The number of hydrogen-bond donors (Lipinski definition) is 2. The lowest BCUT2D eigenvalue weighted by Gasteiger charge is -2.28. The zero-order chi connectivity index (χ0) is 51.3. The van der Waals surface area contributed by atoms with E-state index in [0.29, 0.717) is 33.8 Å². The van der Waals surface area contributed by atoms with Gasteiger partial charge >= 0.3 is 17.9 Å². The first-order chi connectivity index (χ1) is 32.7. The van der Waals surface area contributed by atoms with Crippen LogP contribution in [0.3, 0.4) is 0 Å². The zero-order valence-corrected chi connectivity index (χ0v) is 43.3. The summed E-state index contributed by atoms with van der Waals surface area (Å²) in [4.78, 5) is 43.8. The third-order valence-electron chi connectivity index (χ3n) is 13.0. The SMILES string of the molecule is CC(C)(C)c1cc2c(O)c(c1)Cc1cc(C(C)(C)C)cc3c1OCC(=O)OCCN(CCOC(=O)CN=[N+]=[N-])CCOC(=O)COc1c(cc(C(C)(C)C)cc1Cc1cc(C(C)(C)C)cc(c1O)C3)C2. The number of nitrogens with zero attached hydrogens (tertiary/aromatic N) is 4. The number of phenolic OH excluding ortho intramolecular Hbond substituents is 2. The molecule has 0 atom stereocenters. The van der Waals surface area contributed by atoms with Gasteiger partial charge in [-0.2, -0.15) is 0 Å². The molecule has 0 aromatic heterocycles. The smallest absolute Gasteiger partial charge is 0.344 e. The number of hydrogen-bond acceptors (Lipinski definition) is 12. The monoisotopic (exact) mass is 961 g/mol. The van der Waals surface area contributed by atoms with Gasteiger partial charge in [0.15, 0.2) is 13.2 Å². The van der Waals surface area contributed by atoms with Crippen molar-refractivity contribution in [1.82, 2.24) is 4.90 Å². The average Bonchev–Trinajstić information content (AvgIpc) is 3.25. The predicted molar refractivity (Wildman–Crippen MR) is 269 cm³/mol. The lowest BCUT2D eigenvalue weighted by atomic mass is 9.79. The second-order valence-electron chi connectivity index (χ2n) is 22.7. The first kappa shape index (κ1) is 53.1. The molecule has 6 rings (SSSR count). The summed E-state index contributed by atoms with van der Waals surface area (Å²) >= 11 is 0. The van der Waals surface area contributed by atoms with E-state index in [2.05, 4.69) is 117 Å². The molecule has 0 spiro atoms. The van der Waals surface area contributed by atoms with E-state index in [0.717, 1.165) is 44.5 Å². The Kier molecular flexibility index (Phi) is 16.2. The van der Waals surface area contributed by atoms with Crippen molar-refractivity contribution >= 4 is 17.9 Å². The van der Waals surface area contributed by atoms with E-state index in [1.54, 1.807) is 0 Å². The molecule has 1 aliphatic carbocycles. The van der Waals surface area contributed by atoms with E-state index in [1.807, 2.05) is 29.2 Å². The van der Waals surface area contributed by atoms with Crippen LogP contribution in [-0.4, -0.2) is 92.2 Å². The molecule has 10 bridgehead atoms. The molecule has 0 saturated heterocycles. The minimum atomic E-state index is -0.693. The van der Waals surface area contributed by atoms with Gasteiger partial charge in [-0.25, -0.2) is 9.59 Å². The van der Waals surface area contributed by atoms with Crippen LogP contribution in [-0.2, 0) is 75.9 Å². The third kappa shape index (κ3) is 13.5. The third-order valence-corrected chi connectivity index (χ3v) is 13.0. The van der Waals surface area contributed by atoms with Crippen LogP contribution in [0, 0.1) is 0 Å². The van der Waals surface area contributed by atoms with Gasteiger partial charge in [-0.05, 0) is 94.0 Å². The number of cyclic esters (lactones) is 2. The van der Waals surface area contributed by atoms with Crippen molar-refractivity contribution in [2.75, 3.05) is 59.2 Å². The molecule has 14 heteroatoms. The van der Waals surface area contributed by atoms with Crippen LogP contribution in [0.2, 0.25) is 0 Å². The van der Waals surface area contributed by atoms with Crippen molar-refractivity contribution in [3.05, 3.63) is 126 Å². The fourth-order valence-electron chi connectivity index (χ4n) is 8.70. The molecule has 376 valence electrons. The summed E-state index contributed by atoms with van der Waals surface area (Å²) in [6.07, 6.45) is 0.977. The molecule has 0 unspecified atom stereocenters. The van der Waals surface area contributed by atoms with Gasteiger partial charge in [0.25, 0.3) is 0 Å².